The minimum absolute atomic E-state index is 0.279. The molecule has 0 aliphatic rings. The number of rotatable bonds is 3. The van der Waals surface area contributed by atoms with Gasteiger partial charge < -0.3 is 9.84 Å². The average Bonchev–Trinajstić information content (AvgIpc) is 3.00. The third-order valence-corrected chi connectivity index (χ3v) is 4.35. The molecule has 0 amide bonds. The molecule has 0 saturated carbocycles. The molecule has 2 heterocycles. The van der Waals surface area contributed by atoms with Crippen LogP contribution in [0.3, 0.4) is 0 Å². The summed E-state index contributed by atoms with van der Waals surface area (Å²) < 4.78 is 20.8. The number of ether oxygens (including phenoxy) is 1. The third-order valence-electron chi connectivity index (χ3n) is 3.20. The minimum Gasteiger partial charge on any atom is -0.493 e. The van der Waals surface area contributed by atoms with E-state index >= 15 is 0 Å². The summed E-state index contributed by atoms with van der Waals surface area (Å²) in [5, 5.41) is 15.5. The Kier molecular flexibility index (Phi) is 3.19. The molecule has 6 heteroatoms. The van der Waals surface area contributed by atoms with E-state index in [2.05, 4.69) is 5.10 Å². The summed E-state index contributed by atoms with van der Waals surface area (Å²) >= 11 is 1.36. The SMILES string of the molecule is COc1cnn(C)c1C(O)c1cc2ccc(F)cc2s1. The number of benzene rings is 1. The second-order valence-corrected chi connectivity index (χ2v) is 5.57. The molecule has 1 unspecified atom stereocenters. The number of hydrogen-bond acceptors (Lipinski definition) is 4. The van der Waals surface area contributed by atoms with Crippen LogP contribution in [0, 0.1) is 5.82 Å². The lowest BCUT2D eigenvalue weighted by atomic mass is 10.1. The van der Waals surface area contributed by atoms with Crippen LogP contribution < -0.4 is 4.74 Å². The molecule has 3 rings (SSSR count). The van der Waals surface area contributed by atoms with E-state index in [0.717, 1.165) is 15.0 Å². The van der Waals surface area contributed by atoms with Crippen molar-refractivity contribution in [3.05, 3.63) is 46.9 Å². The molecule has 2 aromatic heterocycles. The molecule has 0 aliphatic carbocycles. The molecule has 104 valence electrons. The second kappa shape index (κ2) is 4.88. The molecule has 0 saturated heterocycles. The second-order valence-electron chi connectivity index (χ2n) is 4.46. The Morgan fingerprint density at radius 2 is 2.20 bits per heavy atom. The van der Waals surface area contributed by atoms with E-state index < -0.39 is 6.10 Å². The van der Waals surface area contributed by atoms with Crippen molar-refractivity contribution in [2.75, 3.05) is 7.11 Å². The molecule has 0 radical (unpaired) electrons. The Bertz CT molecular complexity index is 766. The molecule has 1 atom stereocenters. The minimum atomic E-state index is -0.849. The Hall–Kier alpha value is -1.92. The average molecular weight is 292 g/mol. The molecule has 20 heavy (non-hydrogen) atoms. The van der Waals surface area contributed by atoms with Gasteiger partial charge in [-0.25, -0.2) is 4.39 Å². The first-order valence-corrected chi connectivity index (χ1v) is 6.84. The topological polar surface area (TPSA) is 47.3 Å². The normalized spacial score (nSPS) is 12.8. The van der Waals surface area contributed by atoms with Crippen LogP contribution in [0.15, 0.2) is 30.5 Å². The fourth-order valence-electron chi connectivity index (χ4n) is 2.19. The van der Waals surface area contributed by atoms with Crippen molar-refractivity contribution < 1.29 is 14.2 Å². The number of thiophene rings is 1. The monoisotopic (exact) mass is 292 g/mol. The summed E-state index contributed by atoms with van der Waals surface area (Å²) in [4.78, 5) is 0.729. The number of nitrogens with zero attached hydrogens (tertiary/aromatic N) is 2. The lowest BCUT2D eigenvalue weighted by molar-refractivity contribution is 0.208. The Morgan fingerprint density at radius 1 is 1.40 bits per heavy atom. The zero-order valence-corrected chi connectivity index (χ0v) is 11.8. The summed E-state index contributed by atoms with van der Waals surface area (Å²) in [7, 11) is 3.28. The smallest absolute Gasteiger partial charge is 0.163 e. The number of aryl methyl sites for hydroxylation is 1. The van der Waals surface area contributed by atoms with Crippen molar-refractivity contribution in [2.45, 2.75) is 6.10 Å². The van der Waals surface area contributed by atoms with E-state index in [-0.39, 0.29) is 5.82 Å². The van der Waals surface area contributed by atoms with E-state index in [1.54, 1.807) is 24.0 Å². The number of fused-ring (bicyclic) bond motifs is 1. The van der Waals surface area contributed by atoms with Gasteiger partial charge in [-0.1, -0.05) is 6.07 Å². The van der Waals surface area contributed by atoms with Gasteiger partial charge in [0.2, 0.25) is 0 Å². The first-order chi connectivity index (χ1) is 9.60. The van der Waals surface area contributed by atoms with Gasteiger partial charge in [-0.2, -0.15) is 5.10 Å². The number of aliphatic hydroxyl groups excluding tert-OH is 1. The van der Waals surface area contributed by atoms with Crippen LogP contribution in [0.4, 0.5) is 4.39 Å². The lowest BCUT2D eigenvalue weighted by Gasteiger charge is -2.10. The van der Waals surface area contributed by atoms with E-state index in [9.17, 15) is 9.50 Å². The van der Waals surface area contributed by atoms with Crippen molar-refractivity contribution in [3.63, 3.8) is 0 Å². The summed E-state index contributed by atoms with van der Waals surface area (Å²) in [5.74, 6) is 0.252. The first-order valence-electron chi connectivity index (χ1n) is 6.03. The van der Waals surface area contributed by atoms with Gasteiger partial charge in [0.25, 0.3) is 0 Å². The van der Waals surface area contributed by atoms with Crippen LogP contribution >= 0.6 is 11.3 Å². The molecule has 0 bridgehead atoms. The largest absolute Gasteiger partial charge is 0.493 e. The van der Waals surface area contributed by atoms with Crippen LogP contribution in [-0.4, -0.2) is 22.0 Å². The number of hydrogen-bond donors (Lipinski definition) is 1. The fraction of sp³-hybridized carbons (Fsp3) is 0.214. The molecule has 0 fully saturated rings. The molecular formula is C14H13FN2O2S. The number of aromatic nitrogens is 2. The van der Waals surface area contributed by atoms with E-state index in [4.69, 9.17) is 4.74 Å². The van der Waals surface area contributed by atoms with E-state index in [0.29, 0.717) is 11.4 Å². The van der Waals surface area contributed by atoms with E-state index in [1.165, 1.54) is 30.6 Å². The zero-order chi connectivity index (χ0) is 14.3. The van der Waals surface area contributed by atoms with Gasteiger partial charge in [0.15, 0.2) is 5.75 Å². The van der Waals surface area contributed by atoms with Gasteiger partial charge in [0.05, 0.1) is 13.3 Å². The van der Waals surface area contributed by atoms with Crippen LogP contribution in [0.25, 0.3) is 10.1 Å². The Balaban J connectivity index is 2.07. The third kappa shape index (κ3) is 2.07. The molecule has 1 N–H and O–H groups in total. The van der Waals surface area contributed by atoms with Gasteiger partial charge in [-0.3, -0.25) is 4.68 Å². The molecule has 4 nitrogen and oxygen atoms in total. The van der Waals surface area contributed by atoms with Gasteiger partial charge >= 0.3 is 0 Å². The summed E-state index contributed by atoms with van der Waals surface area (Å²) in [6.07, 6.45) is 0.712. The van der Waals surface area contributed by atoms with Crippen LogP contribution in [0.2, 0.25) is 0 Å². The number of methoxy groups -OCH3 is 1. The maximum Gasteiger partial charge on any atom is 0.163 e. The van der Waals surface area contributed by atoms with Gasteiger partial charge in [0, 0.05) is 16.6 Å². The predicted molar refractivity (Wildman–Crippen MR) is 75.6 cm³/mol. The first kappa shape index (κ1) is 13.1. The predicted octanol–water partition coefficient (Wildman–Crippen LogP) is 2.86. The summed E-state index contributed by atoms with van der Waals surface area (Å²) in [6.45, 7) is 0. The fourth-order valence-corrected chi connectivity index (χ4v) is 3.27. The van der Waals surface area contributed by atoms with Gasteiger partial charge in [-0.15, -0.1) is 11.3 Å². The summed E-state index contributed by atoms with van der Waals surface area (Å²) in [6, 6.07) is 6.45. The highest BCUT2D eigenvalue weighted by Crippen LogP contribution is 2.36. The van der Waals surface area contributed by atoms with Crippen molar-refractivity contribution in [2.24, 2.45) is 7.05 Å². The van der Waals surface area contributed by atoms with Crippen molar-refractivity contribution in [1.82, 2.24) is 9.78 Å². The maximum absolute atomic E-state index is 13.2. The van der Waals surface area contributed by atoms with Crippen LogP contribution in [0.5, 0.6) is 5.75 Å². The van der Waals surface area contributed by atoms with Crippen LogP contribution in [0.1, 0.15) is 16.7 Å². The maximum atomic E-state index is 13.2. The standard InChI is InChI=1S/C14H13FN2O2S/c1-17-13(10(19-2)7-16-17)14(18)12-5-8-3-4-9(15)6-11(8)20-12/h3-7,14,18H,1-2H3. The molecule has 0 aliphatic heterocycles. The quantitative estimate of drug-likeness (QED) is 0.807. The lowest BCUT2D eigenvalue weighted by Crippen LogP contribution is -2.06. The highest BCUT2D eigenvalue weighted by atomic mass is 32.1. The Morgan fingerprint density at radius 3 is 2.95 bits per heavy atom. The van der Waals surface area contributed by atoms with Crippen LogP contribution in [-0.2, 0) is 7.05 Å². The highest BCUT2D eigenvalue weighted by molar-refractivity contribution is 7.19. The number of aliphatic hydroxyl groups is 1. The number of halogens is 1. The van der Waals surface area contributed by atoms with Gasteiger partial charge in [0.1, 0.15) is 17.6 Å². The highest BCUT2D eigenvalue weighted by Gasteiger charge is 2.22. The molecule has 1 aromatic carbocycles. The van der Waals surface area contributed by atoms with Crippen molar-refractivity contribution in [1.29, 1.82) is 0 Å². The zero-order valence-electron chi connectivity index (χ0n) is 11.0. The molecule has 3 aromatic rings. The van der Waals surface area contributed by atoms with E-state index in [1.807, 2.05) is 6.07 Å². The molecule has 0 spiro atoms. The van der Waals surface area contributed by atoms with Crippen molar-refractivity contribution in [3.8, 4) is 5.75 Å². The molecular weight excluding hydrogens is 279 g/mol. The van der Waals surface area contributed by atoms with Crippen molar-refractivity contribution >= 4 is 21.4 Å². The Labute approximate surface area is 119 Å². The van der Waals surface area contributed by atoms with Gasteiger partial charge in [-0.05, 0) is 23.6 Å². The summed E-state index contributed by atoms with van der Waals surface area (Å²) in [5.41, 5.74) is 0.583.